The van der Waals surface area contributed by atoms with Crippen LogP contribution in [-0.4, -0.2) is 45.0 Å². The minimum atomic E-state index is -0.775. The molecule has 3 heterocycles. The summed E-state index contributed by atoms with van der Waals surface area (Å²) in [6.07, 6.45) is 2.26. The van der Waals surface area contributed by atoms with Gasteiger partial charge in [0.25, 0.3) is 11.8 Å². The van der Waals surface area contributed by atoms with Crippen LogP contribution in [0.5, 0.6) is 0 Å². The molecule has 1 aromatic carbocycles. The number of furan rings is 1. The third kappa shape index (κ3) is 5.31. The number of amides is 3. The average Bonchev–Trinajstić information content (AvgIpc) is 3.44. The zero-order valence-corrected chi connectivity index (χ0v) is 18.7. The van der Waals surface area contributed by atoms with Crippen molar-refractivity contribution in [1.29, 1.82) is 0 Å². The van der Waals surface area contributed by atoms with E-state index in [4.69, 9.17) is 4.42 Å². The number of aromatic nitrogens is 2. The zero-order chi connectivity index (χ0) is 23.4. The number of nitrogens with zero attached hydrogens (tertiary/aromatic N) is 3. The molecule has 9 nitrogen and oxygen atoms in total. The van der Waals surface area contributed by atoms with E-state index < -0.39 is 11.9 Å². The molecule has 1 atom stereocenters. The standard InChI is InChI=1S/C24H27N5O4/c1-16-6-3-7-18(12-16)15-28-9-5-10-29-21(24(28)32)13-20(27-29)23(31)26-17(2)22(30)25-14-19-8-4-11-33-19/h3-4,6-8,11-13,17H,5,9-10,14-15H2,1-2H3,(H,25,30)(H,26,31). The molecule has 0 fully saturated rings. The maximum Gasteiger partial charge on any atom is 0.272 e. The van der Waals surface area contributed by atoms with Gasteiger partial charge in [0.2, 0.25) is 5.91 Å². The van der Waals surface area contributed by atoms with E-state index in [1.807, 2.05) is 25.1 Å². The summed E-state index contributed by atoms with van der Waals surface area (Å²) in [5.41, 5.74) is 2.69. The minimum Gasteiger partial charge on any atom is -0.467 e. The Morgan fingerprint density at radius 1 is 1.18 bits per heavy atom. The molecule has 3 aromatic rings. The monoisotopic (exact) mass is 449 g/mol. The predicted octanol–water partition coefficient (Wildman–Crippen LogP) is 2.27. The molecule has 9 heteroatoms. The van der Waals surface area contributed by atoms with Crippen molar-refractivity contribution < 1.29 is 18.8 Å². The Hall–Kier alpha value is -3.88. The molecule has 1 unspecified atom stereocenters. The van der Waals surface area contributed by atoms with Crippen molar-refractivity contribution in [3.8, 4) is 0 Å². The lowest BCUT2D eigenvalue weighted by Crippen LogP contribution is -2.44. The molecule has 0 bridgehead atoms. The predicted molar refractivity (Wildman–Crippen MR) is 120 cm³/mol. The Bertz CT molecular complexity index is 1150. The van der Waals surface area contributed by atoms with Crippen LogP contribution in [-0.2, 0) is 24.4 Å². The van der Waals surface area contributed by atoms with Crippen LogP contribution in [0.25, 0.3) is 0 Å². The van der Waals surface area contributed by atoms with Crippen LogP contribution in [0.4, 0.5) is 0 Å². The first-order valence-electron chi connectivity index (χ1n) is 10.9. The first-order valence-corrected chi connectivity index (χ1v) is 10.9. The van der Waals surface area contributed by atoms with Gasteiger partial charge in [-0.05, 0) is 38.0 Å². The summed E-state index contributed by atoms with van der Waals surface area (Å²) >= 11 is 0. The van der Waals surface area contributed by atoms with Crippen LogP contribution in [0.15, 0.2) is 53.1 Å². The first kappa shape index (κ1) is 22.3. The second kappa shape index (κ2) is 9.72. The maximum atomic E-state index is 13.2. The topological polar surface area (TPSA) is 109 Å². The lowest BCUT2D eigenvalue weighted by atomic mass is 10.1. The van der Waals surface area contributed by atoms with Crippen molar-refractivity contribution in [2.24, 2.45) is 0 Å². The van der Waals surface area contributed by atoms with E-state index in [2.05, 4.69) is 21.8 Å². The number of rotatable bonds is 7. The summed E-state index contributed by atoms with van der Waals surface area (Å²) in [7, 11) is 0. The Balaban J connectivity index is 1.40. The van der Waals surface area contributed by atoms with E-state index >= 15 is 0 Å². The van der Waals surface area contributed by atoms with Gasteiger partial charge >= 0.3 is 0 Å². The van der Waals surface area contributed by atoms with Crippen LogP contribution >= 0.6 is 0 Å². The summed E-state index contributed by atoms with van der Waals surface area (Å²) in [6.45, 7) is 5.50. The van der Waals surface area contributed by atoms with Gasteiger partial charge in [0.1, 0.15) is 17.5 Å². The van der Waals surface area contributed by atoms with E-state index in [0.29, 0.717) is 31.1 Å². The highest BCUT2D eigenvalue weighted by molar-refractivity contribution is 5.99. The minimum absolute atomic E-state index is 0.112. The van der Waals surface area contributed by atoms with Crippen molar-refractivity contribution in [2.45, 2.75) is 45.9 Å². The summed E-state index contributed by atoms with van der Waals surface area (Å²) in [6, 6.07) is 12.3. The third-order valence-electron chi connectivity index (χ3n) is 5.53. The molecule has 2 aromatic heterocycles. The summed E-state index contributed by atoms with van der Waals surface area (Å²) in [5, 5.41) is 9.67. The number of fused-ring (bicyclic) bond motifs is 1. The summed E-state index contributed by atoms with van der Waals surface area (Å²) in [5.74, 6) is -0.395. The van der Waals surface area contributed by atoms with E-state index in [-0.39, 0.29) is 24.1 Å². The van der Waals surface area contributed by atoms with Crippen LogP contribution in [0, 0.1) is 6.92 Å². The Morgan fingerprint density at radius 2 is 2.03 bits per heavy atom. The normalized spacial score (nSPS) is 14.4. The van der Waals surface area contributed by atoms with Gasteiger partial charge in [-0.25, -0.2) is 0 Å². The fourth-order valence-electron chi connectivity index (χ4n) is 3.80. The highest BCUT2D eigenvalue weighted by Crippen LogP contribution is 2.17. The van der Waals surface area contributed by atoms with Crippen molar-refractivity contribution in [3.05, 3.63) is 77.0 Å². The number of carbonyl (C=O) groups excluding carboxylic acids is 3. The van der Waals surface area contributed by atoms with Gasteiger partial charge < -0.3 is 20.0 Å². The Labute approximate surface area is 191 Å². The van der Waals surface area contributed by atoms with Gasteiger partial charge in [-0.1, -0.05) is 29.8 Å². The lowest BCUT2D eigenvalue weighted by molar-refractivity contribution is -0.122. The number of carbonyl (C=O) groups is 3. The molecule has 172 valence electrons. The molecule has 0 spiro atoms. The van der Waals surface area contributed by atoms with Crippen molar-refractivity contribution in [2.75, 3.05) is 6.54 Å². The van der Waals surface area contributed by atoms with Gasteiger partial charge in [0.15, 0.2) is 5.69 Å². The van der Waals surface area contributed by atoms with Gasteiger partial charge in [-0.3, -0.25) is 19.1 Å². The Kier molecular flexibility index (Phi) is 6.58. The van der Waals surface area contributed by atoms with E-state index in [9.17, 15) is 14.4 Å². The van der Waals surface area contributed by atoms with Crippen LogP contribution < -0.4 is 10.6 Å². The van der Waals surface area contributed by atoms with E-state index in [0.717, 1.165) is 17.5 Å². The van der Waals surface area contributed by atoms with E-state index in [1.54, 1.807) is 28.6 Å². The van der Waals surface area contributed by atoms with Crippen molar-refractivity contribution in [1.82, 2.24) is 25.3 Å². The average molecular weight is 450 g/mol. The molecule has 0 saturated carbocycles. The molecule has 0 aliphatic carbocycles. The molecular weight excluding hydrogens is 422 g/mol. The molecule has 1 aliphatic rings. The zero-order valence-electron chi connectivity index (χ0n) is 18.7. The van der Waals surface area contributed by atoms with Gasteiger partial charge in [-0.2, -0.15) is 5.10 Å². The van der Waals surface area contributed by atoms with E-state index in [1.165, 1.54) is 12.3 Å². The molecule has 0 radical (unpaired) electrons. The quantitative estimate of drug-likeness (QED) is 0.575. The fourth-order valence-corrected chi connectivity index (χ4v) is 3.80. The fraction of sp³-hybridized carbons (Fsp3) is 0.333. The van der Waals surface area contributed by atoms with Crippen molar-refractivity contribution in [3.63, 3.8) is 0 Å². The van der Waals surface area contributed by atoms with Gasteiger partial charge in [0, 0.05) is 25.7 Å². The van der Waals surface area contributed by atoms with Gasteiger partial charge in [-0.15, -0.1) is 0 Å². The largest absolute Gasteiger partial charge is 0.467 e. The first-order chi connectivity index (χ1) is 15.9. The lowest BCUT2D eigenvalue weighted by Gasteiger charge is -2.20. The Morgan fingerprint density at radius 3 is 2.79 bits per heavy atom. The number of hydrogen-bond acceptors (Lipinski definition) is 5. The number of hydrogen-bond donors (Lipinski definition) is 2. The highest BCUT2D eigenvalue weighted by Gasteiger charge is 2.27. The second-order valence-electron chi connectivity index (χ2n) is 8.20. The molecule has 3 amide bonds. The van der Waals surface area contributed by atoms with Crippen LogP contribution in [0.1, 0.15) is 51.2 Å². The number of aryl methyl sites for hydroxylation is 2. The molecular formula is C24H27N5O4. The maximum absolute atomic E-state index is 13.2. The highest BCUT2D eigenvalue weighted by atomic mass is 16.3. The molecule has 4 rings (SSSR count). The molecule has 0 saturated heterocycles. The molecule has 2 N–H and O–H groups in total. The second-order valence-corrected chi connectivity index (χ2v) is 8.20. The third-order valence-corrected chi connectivity index (χ3v) is 5.53. The van der Waals surface area contributed by atoms with Crippen LogP contribution in [0.3, 0.4) is 0 Å². The summed E-state index contributed by atoms with van der Waals surface area (Å²) in [4.78, 5) is 39.9. The van der Waals surface area contributed by atoms with Gasteiger partial charge in [0.05, 0.1) is 12.8 Å². The molecule has 33 heavy (non-hydrogen) atoms. The summed E-state index contributed by atoms with van der Waals surface area (Å²) < 4.78 is 6.76. The smallest absolute Gasteiger partial charge is 0.272 e. The van der Waals surface area contributed by atoms with Crippen molar-refractivity contribution >= 4 is 17.7 Å². The number of nitrogens with one attached hydrogen (secondary N) is 2. The van der Waals surface area contributed by atoms with Crippen LogP contribution in [0.2, 0.25) is 0 Å². The number of benzene rings is 1. The SMILES string of the molecule is Cc1cccc(CN2CCCn3nc(C(=O)NC(C)C(=O)NCc4ccco4)cc3C2=O)c1. The molecule has 1 aliphatic heterocycles.